The molecule has 2 rings (SSSR count). The standard InChI is InChI=1S/C13H17ClN2O2/c14-10-1-3-12(4-2-10)18-8-6-13(17)16-7-5-11(15)9-16/h1-4,11H,5-9,15H2/t11-/m1/s1. The van der Waals surface area contributed by atoms with Crippen molar-refractivity contribution >= 4 is 17.5 Å². The van der Waals surface area contributed by atoms with Crippen LogP contribution in [0.15, 0.2) is 24.3 Å². The first-order valence-electron chi connectivity index (χ1n) is 6.07. The number of ether oxygens (including phenoxy) is 1. The van der Waals surface area contributed by atoms with Crippen LogP contribution < -0.4 is 10.5 Å². The van der Waals surface area contributed by atoms with Crippen molar-refractivity contribution in [2.45, 2.75) is 18.9 Å². The van der Waals surface area contributed by atoms with Crippen LogP contribution in [0.25, 0.3) is 0 Å². The summed E-state index contributed by atoms with van der Waals surface area (Å²) >= 11 is 5.77. The van der Waals surface area contributed by atoms with Crippen LogP contribution in [0.5, 0.6) is 5.75 Å². The second kappa shape index (κ2) is 6.07. The second-order valence-electron chi connectivity index (χ2n) is 4.44. The quantitative estimate of drug-likeness (QED) is 0.904. The van der Waals surface area contributed by atoms with Crippen LogP contribution in [0.3, 0.4) is 0 Å². The van der Waals surface area contributed by atoms with E-state index in [1.165, 1.54) is 0 Å². The molecule has 0 saturated carbocycles. The van der Waals surface area contributed by atoms with Crippen LogP contribution in [0.1, 0.15) is 12.8 Å². The van der Waals surface area contributed by atoms with Gasteiger partial charge in [0.15, 0.2) is 0 Å². The highest BCUT2D eigenvalue weighted by Crippen LogP contribution is 2.16. The molecular weight excluding hydrogens is 252 g/mol. The highest BCUT2D eigenvalue weighted by atomic mass is 35.5. The Morgan fingerprint density at radius 3 is 2.78 bits per heavy atom. The van der Waals surface area contributed by atoms with Crippen molar-refractivity contribution in [2.75, 3.05) is 19.7 Å². The van der Waals surface area contributed by atoms with Crippen molar-refractivity contribution in [1.82, 2.24) is 4.90 Å². The molecule has 1 amide bonds. The molecule has 1 saturated heterocycles. The van der Waals surface area contributed by atoms with Crippen molar-refractivity contribution in [3.63, 3.8) is 0 Å². The number of nitrogens with zero attached hydrogens (tertiary/aromatic N) is 1. The molecule has 0 aliphatic carbocycles. The molecule has 1 aliphatic rings. The lowest BCUT2D eigenvalue weighted by atomic mass is 10.3. The molecule has 0 bridgehead atoms. The van der Waals surface area contributed by atoms with Gasteiger partial charge in [-0.15, -0.1) is 0 Å². The van der Waals surface area contributed by atoms with Gasteiger partial charge in [-0.1, -0.05) is 11.6 Å². The van der Waals surface area contributed by atoms with E-state index in [0.717, 1.165) is 18.7 Å². The van der Waals surface area contributed by atoms with Crippen molar-refractivity contribution < 1.29 is 9.53 Å². The zero-order valence-electron chi connectivity index (χ0n) is 10.1. The molecule has 0 unspecified atom stereocenters. The molecule has 1 aliphatic heterocycles. The molecular formula is C13H17ClN2O2. The lowest BCUT2D eigenvalue weighted by molar-refractivity contribution is -0.130. The van der Waals surface area contributed by atoms with E-state index < -0.39 is 0 Å². The Bertz CT molecular complexity index is 408. The number of hydrogen-bond acceptors (Lipinski definition) is 3. The molecule has 1 fully saturated rings. The Balaban J connectivity index is 1.72. The van der Waals surface area contributed by atoms with Gasteiger partial charge in [-0.05, 0) is 30.7 Å². The predicted molar refractivity (Wildman–Crippen MR) is 70.7 cm³/mol. The van der Waals surface area contributed by atoms with Gasteiger partial charge in [0.1, 0.15) is 5.75 Å². The molecule has 0 radical (unpaired) electrons. The number of benzene rings is 1. The van der Waals surface area contributed by atoms with Gasteiger partial charge in [-0.3, -0.25) is 4.79 Å². The average Bonchev–Trinajstić information content (AvgIpc) is 2.78. The summed E-state index contributed by atoms with van der Waals surface area (Å²) in [6.45, 7) is 1.81. The largest absolute Gasteiger partial charge is 0.493 e. The van der Waals surface area contributed by atoms with Gasteiger partial charge in [0.25, 0.3) is 0 Å². The summed E-state index contributed by atoms with van der Waals surface area (Å²) in [5.74, 6) is 0.835. The first kappa shape index (κ1) is 13.2. The van der Waals surface area contributed by atoms with Crippen molar-refractivity contribution in [3.05, 3.63) is 29.3 Å². The third-order valence-electron chi connectivity index (χ3n) is 2.98. The summed E-state index contributed by atoms with van der Waals surface area (Å²) in [5.41, 5.74) is 5.76. The summed E-state index contributed by atoms with van der Waals surface area (Å²) in [5, 5.41) is 0.671. The Kier molecular flexibility index (Phi) is 4.44. The van der Waals surface area contributed by atoms with E-state index in [4.69, 9.17) is 22.1 Å². The van der Waals surface area contributed by atoms with Crippen molar-refractivity contribution in [3.8, 4) is 5.75 Å². The van der Waals surface area contributed by atoms with E-state index in [0.29, 0.717) is 24.6 Å². The molecule has 1 aromatic rings. The van der Waals surface area contributed by atoms with Crippen molar-refractivity contribution in [2.24, 2.45) is 5.73 Å². The van der Waals surface area contributed by atoms with Gasteiger partial charge in [0.2, 0.25) is 5.91 Å². The summed E-state index contributed by atoms with van der Waals surface area (Å²) < 4.78 is 5.48. The fourth-order valence-corrected chi connectivity index (χ4v) is 2.08. The predicted octanol–water partition coefficient (Wildman–Crippen LogP) is 1.67. The topological polar surface area (TPSA) is 55.6 Å². The van der Waals surface area contributed by atoms with Gasteiger partial charge in [-0.25, -0.2) is 0 Å². The number of amides is 1. The summed E-state index contributed by atoms with van der Waals surface area (Å²) in [6.07, 6.45) is 1.28. The minimum absolute atomic E-state index is 0.108. The van der Waals surface area contributed by atoms with Gasteiger partial charge in [-0.2, -0.15) is 0 Å². The van der Waals surface area contributed by atoms with Gasteiger partial charge >= 0.3 is 0 Å². The van der Waals surface area contributed by atoms with E-state index >= 15 is 0 Å². The molecule has 0 aromatic heterocycles. The van der Waals surface area contributed by atoms with E-state index in [-0.39, 0.29) is 11.9 Å². The Morgan fingerprint density at radius 2 is 2.17 bits per heavy atom. The average molecular weight is 269 g/mol. The maximum absolute atomic E-state index is 11.8. The van der Waals surface area contributed by atoms with Crippen molar-refractivity contribution in [1.29, 1.82) is 0 Å². The Morgan fingerprint density at radius 1 is 1.44 bits per heavy atom. The smallest absolute Gasteiger partial charge is 0.226 e. The normalized spacial score (nSPS) is 19.0. The molecule has 1 atom stereocenters. The number of hydrogen-bond donors (Lipinski definition) is 1. The number of likely N-dealkylation sites (tertiary alicyclic amines) is 1. The third-order valence-corrected chi connectivity index (χ3v) is 3.23. The number of rotatable bonds is 4. The van der Waals surface area contributed by atoms with Gasteiger partial charge in [0, 0.05) is 24.2 Å². The summed E-state index contributed by atoms with van der Waals surface area (Å²) in [6, 6.07) is 7.24. The Hall–Kier alpha value is -1.26. The number of carbonyl (C=O) groups excluding carboxylic acids is 1. The van der Waals surface area contributed by atoms with E-state index in [9.17, 15) is 4.79 Å². The number of nitrogens with two attached hydrogens (primary N) is 1. The fraction of sp³-hybridized carbons (Fsp3) is 0.462. The molecule has 98 valence electrons. The fourth-order valence-electron chi connectivity index (χ4n) is 1.96. The van der Waals surface area contributed by atoms with Gasteiger partial charge < -0.3 is 15.4 Å². The maximum atomic E-state index is 11.8. The number of carbonyl (C=O) groups is 1. The molecule has 1 aromatic carbocycles. The summed E-state index contributed by atoms with van der Waals surface area (Å²) in [7, 11) is 0. The maximum Gasteiger partial charge on any atom is 0.226 e. The zero-order valence-corrected chi connectivity index (χ0v) is 10.9. The van der Waals surface area contributed by atoms with Crippen LogP contribution >= 0.6 is 11.6 Å². The first-order chi connectivity index (χ1) is 8.65. The van der Waals surface area contributed by atoms with Crippen LogP contribution in [0.2, 0.25) is 5.02 Å². The van der Waals surface area contributed by atoms with Gasteiger partial charge in [0.05, 0.1) is 13.0 Å². The highest BCUT2D eigenvalue weighted by Gasteiger charge is 2.22. The first-order valence-corrected chi connectivity index (χ1v) is 6.44. The van der Waals surface area contributed by atoms with Crippen LogP contribution in [0, 0.1) is 0 Å². The summed E-state index contributed by atoms with van der Waals surface area (Å²) in [4.78, 5) is 13.6. The van der Waals surface area contributed by atoms with Crippen LogP contribution in [-0.4, -0.2) is 36.5 Å². The highest BCUT2D eigenvalue weighted by molar-refractivity contribution is 6.30. The lowest BCUT2D eigenvalue weighted by Crippen LogP contribution is -2.32. The lowest BCUT2D eigenvalue weighted by Gasteiger charge is -2.15. The van der Waals surface area contributed by atoms with Crippen LogP contribution in [0.4, 0.5) is 0 Å². The van der Waals surface area contributed by atoms with E-state index in [1.54, 1.807) is 29.2 Å². The molecule has 2 N–H and O–H groups in total. The zero-order chi connectivity index (χ0) is 13.0. The second-order valence-corrected chi connectivity index (χ2v) is 4.88. The third kappa shape index (κ3) is 3.62. The monoisotopic (exact) mass is 268 g/mol. The molecule has 18 heavy (non-hydrogen) atoms. The Labute approximate surface area is 112 Å². The minimum Gasteiger partial charge on any atom is -0.493 e. The number of halogens is 1. The van der Waals surface area contributed by atoms with E-state index in [1.807, 2.05) is 0 Å². The minimum atomic E-state index is 0.108. The molecule has 5 heteroatoms. The molecule has 1 heterocycles. The molecule has 4 nitrogen and oxygen atoms in total. The van der Waals surface area contributed by atoms with Crippen LogP contribution in [-0.2, 0) is 4.79 Å². The molecule has 0 spiro atoms. The van der Waals surface area contributed by atoms with E-state index in [2.05, 4.69) is 0 Å². The SMILES string of the molecule is N[C@@H]1CCN(C(=O)CCOc2ccc(Cl)cc2)C1.